The molecule has 102 valence electrons. The predicted octanol–water partition coefficient (Wildman–Crippen LogP) is 4.32. The summed E-state index contributed by atoms with van der Waals surface area (Å²) in [5.74, 6) is 4.31. The molecule has 0 aromatic carbocycles. The molecule has 1 aliphatic carbocycles. The second kappa shape index (κ2) is 8.42. The van der Waals surface area contributed by atoms with Gasteiger partial charge in [0, 0.05) is 12.1 Å². The van der Waals surface area contributed by atoms with Crippen molar-refractivity contribution in [1.82, 2.24) is 5.32 Å². The molecule has 2 heteroatoms. The Hall–Kier alpha value is 0.310. The molecule has 1 nitrogen and oxygen atoms in total. The van der Waals surface area contributed by atoms with Crippen LogP contribution in [-0.2, 0) is 0 Å². The second-order valence-electron chi connectivity index (χ2n) is 5.85. The van der Waals surface area contributed by atoms with Crippen molar-refractivity contribution in [3.8, 4) is 0 Å². The van der Waals surface area contributed by atoms with Gasteiger partial charge in [-0.2, -0.15) is 11.8 Å². The molecule has 0 spiro atoms. The molecule has 0 radical (unpaired) electrons. The fraction of sp³-hybridized carbons (Fsp3) is 1.00. The highest BCUT2D eigenvalue weighted by Crippen LogP contribution is 2.30. The molecule has 0 aromatic heterocycles. The van der Waals surface area contributed by atoms with Crippen LogP contribution in [0.4, 0.5) is 0 Å². The summed E-state index contributed by atoms with van der Waals surface area (Å²) in [4.78, 5) is 0. The van der Waals surface area contributed by atoms with Crippen molar-refractivity contribution in [2.75, 3.05) is 11.5 Å². The van der Waals surface area contributed by atoms with E-state index in [1.54, 1.807) is 0 Å². The molecule has 0 bridgehead atoms. The van der Waals surface area contributed by atoms with E-state index in [9.17, 15) is 0 Å². The van der Waals surface area contributed by atoms with Crippen LogP contribution in [-0.4, -0.2) is 23.6 Å². The lowest BCUT2D eigenvalue weighted by molar-refractivity contribution is 0.194. The lowest BCUT2D eigenvalue weighted by Gasteiger charge is -2.37. The van der Waals surface area contributed by atoms with Crippen LogP contribution in [0.15, 0.2) is 0 Å². The van der Waals surface area contributed by atoms with Crippen LogP contribution >= 0.6 is 11.8 Å². The van der Waals surface area contributed by atoms with Gasteiger partial charge in [-0.15, -0.1) is 0 Å². The van der Waals surface area contributed by atoms with Crippen LogP contribution in [0.25, 0.3) is 0 Å². The normalized spacial score (nSPS) is 27.4. The third-order valence-corrected chi connectivity index (χ3v) is 5.01. The standard InChI is InChI=1S/C15H31NS/c1-5-17-11-10-13(4)16-15-9-7-6-8-14(15)12(2)3/h12-16H,5-11H2,1-4H3. The molecule has 3 atom stereocenters. The van der Waals surface area contributed by atoms with Crippen molar-refractivity contribution in [1.29, 1.82) is 0 Å². The van der Waals surface area contributed by atoms with Crippen LogP contribution in [0.1, 0.15) is 59.8 Å². The first-order chi connectivity index (χ1) is 8.15. The summed E-state index contributed by atoms with van der Waals surface area (Å²) >= 11 is 2.07. The van der Waals surface area contributed by atoms with Crippen molar-refractivity contribution in [3.63, 3.8) is 0 Å². The minimum atomic E-state index is 0.693. The van der Waals surface area contributed by atoms with Gasteiger partial charge in [-0.3, -0.25) is 0 Å². The van der Waals surface area contributed by atoms with Gasteiger partial charge in [-0.25, -0.2) is 0 Å². The van der Waals surface area contributed by atoms with Gasteiger partial charge in [0.1, 0.15) is 0 Å². The van der Waals surface area contributed by atoms with Crippen molar-refractivity contribution < 1.29 is 0 Å². The maximum Gasteiger partial charge on any atom is 0.0100 e. The van der Waals surface area contributed by atoms with E-state index in [1.807, 2.05) is 0 Å². The number of hydrogen-bond donors (Lipinski definition) is 1. The molecular formula is C15H31NS. The maximum absolute atomic E-state index is 3.90. The van der Waals surface area contributed by atoms with E-state index in [0.717, 1.165) is 17.9 Å². The third kappa shape index (κ3) is 5.65. The minimum Gasteiger partial charge on any atom is -0.311 e. The number of hydrogen-bond acceptors (Lipinski definition) is 2. The van der Waals surface area contributed by atoms with Crippen LogP contribution in [0.5, 0.6) is 0 Å². The van der Waals surface area contributed by atoms with Crippen LogP contribution < -0.4 is 5.32 Å². The average Bonchev–Trinajstić information content (AvgIpc) is 2.29. The Bertz CT molecular complexity index is 193. The molecular weight excluding hydrogens is 226 g/mol. The summed E-state index contributed by atoms with van der Waals surface area (Å²) in [5.41, 5.74) is 0. The molecule has 1 aliphatic rings. The zero-order valence-electron chi connectivity index (χ0n) is 12.2. The van der Waals surface area contributed by atoms with Crippen LogP contribution in [0.2, 0.25) is 0 Å². The highest BCUT2D eigenvalue weighted by molar-refractivity contribution is 7.99. The summed E-state index contributed by atoms with van der Waals surface area (Å²) in [6.07, 6.45) is 7.03. The molecule has 17 heavy (non-hydrogen) atoms. The highest BCUT2D eigenvalue weighted by atomic mass is 32.2. The number of nitrogens with one attached hydrogen (secondary N) is 1. The molecule has 0 amide bonds. The lowest BCUT2D eigenvalue weighted by atomic mass is 9.77. The van der Waals surface area contributed by atoms with Gasteiger partial charge < -0.3 is 5.32 Å². The highest BCUT2D eigenvalue weighted by Gasteiger charge is 2.27. The lowest BCUT2D eigenvalue weighted by Crippen LogP contribution is -2.45. The molecule has 1 rings (SSSR count). The van der Waals surface area contributed by atoms with E-state index < -0.39 is 0 Å². The fourth-order valence-electron chi connectivity index (χ4n) is 3.02. The zero-order chi connectivity index (χ0) is 12.7. The number of thioether (sulfide) groups is 1. The Morgan fingerprint density at radius 2 is 1.88 bits per heavy atom. The van der Waals surface area contributed by atoms with Gasteiger partial charge in [0.05, 0.1) is 0 Å². The van der Waals surface area contributed by atoms with Crippen molar-refractivity contribution in [2.45, 2.75) is 71.9 Å². The van der Waals surface area contributed by atoms with E-state index in [-0.39, 0.29) is 0 Å². The Kier molecular flexibility index (Phi) is 7.61. The van der Waals surface area contributed by atoms with Gasteiger partial charge in [0.25, 0.3) is 0 Å². The fourth-order valence-corrected chi connectivity index (χ4v) is 3.83. The molecule has 0 saturated heterocycles. The van der Waals surface area contributed by atoms with E-state index in [4.69, 9.17) is 0 Å². The van der Waals surface area contributed by atoms with E-state index >= 15 is 0 Å². The molecule has 0 heterocycles. The van der Waals surface area contributed by atoms with Gasteiger partial charge in [-0.1, -0.05) is 33.6 Å². The summed E-state index contributed by atoms with van der Waals surface area (Å²) < 4.78 is 0. The van der Waals surface area contributed by atoms with Gasteiger partial charge >= 0.3 is 0 Å². The van der Waals surface area contributed by atoms with Gasteiger partial charge in [-0.05, 0) is 49.5 Å². The van der Waals surface area contributed by atoms with Crippen molar-refractivity contribution >= 4 is 11.8 Å². The van der Waals surface area contributed by atoms with E-state index in [1.165, 1.54) is 43.6 Å². The SMILES string of the molecule is CCSCCC(C)NC1CCCCC1C(C)C. The molecule has 1 fully saturated rings. The Morgan fingerprint density at radius 3 is 2.53 bits per heavy atom. The van der Waals surface area contributed by atoms with Gasteiger partial charge in [0.2, 0.25) is 0 Å². The number of rotatable bonds is 7. The van der Waals surface area contributed by atoms with E-state index in [0.29, 0.717) is 6.04 Å². The Balaban J connectivity index is 2.31. The summed E-state index contributed by atoms with van der Waals surface area (Å²) in [6, 6.07) is 1.48. The first-order valence-corrected chi connectivity index (χ1v) is 8.64. The molecule has 1 saturated carbocycles. The van der Waals surface area contributed by atoms with Gasteiger partial charge in [0.15, 0.2) is 0 Å². The third-order valence-electron chi connectivity index (χ3n) is 4.07. The topological polar surface area (TPSA) is 12.0 Å². The quantitative estimate of drug-likeness (QED) is 0.682. The van der Waals surface area contributed by atoms with Crippen molar-refractivity contribution in [2.24, 2.45) is 11.8 Å². The second-order valence-corrected chi connectivity index (χ2v) is 7.25. The largest absolute Gasteiger partial charge is 0.311 e. The minimum absolute atomic E-state index is 0.693. The Labute approximate surface area is 113 Å². The first-order valence-electron chi connectivity index (χ1n) is 7.49. The molecule has 1 N–H and O–H groups in total. The zero-order valence-corrected chi connectivity index (χ0v) is 13.0. The summed E-state index contributed by atoms with van der Waals surface area (Å²) in [5, 5.41) is 3.90. The molecule has 0 aromatic rings. The van der Waals surface area contributed by atoms with E-state index in [2.05, 4.69) is 44.8 Å². The summed E-state index contributed by atoms with van der Waals surface area (Å²) in [7, 11) is 0. The Morgan fingerprint density at radius 1 is 1.18 bits per heavy atom. The molecule has 0 aliphatic heterocycles. The van der Waals surface area contributed by atoms with Crippen LogP contribution in [0, 0.1) is 11.8 Å². The summed E-state index contributed by atoms with van der Waals surface area (Å²) in [6.45, 7) is 9.39. The predicted molar refractivity (Wildman–Crippen MR) is 80.8 cm³/mol. The monoisotopic (exact) mass is 257 g/mol. The maximum atomic E-state index is 3.90. The first kappa shape index (κ1) is 15.4. The van der Waals surface area contributed by atoms with Crippen molar-refractivity contribution in [3.05, 3.63) is 0 Å². The smallest absolute Gasteiger partial charge is 0.0100 e. The molecule has 3 unspecified atom stereocenters. The average molecular weight is 257 g/mol. The van der Waals surface area contributed by atoms with Crippen LogP contribution in [0.3, 0.4) is 0 Å².